The van der Waals surface area contributed by atoms with E-state index in [4.69, 9.17) is 14.2 Å². The predicted octanol–water partition coefficient (Wildman–Crippen LogP) is 4.79. The van der Waals surface area contributed by atoms with Crippen LogP contribution < -0.4 is 25.0 Å². The fourth-order valence-electron chi connectivity index (χ4n) is 5.03. The second kappa shape index (κ2) is 13.7. The highest BCUT2D eigenvalue weighted by Crippen LogP contribution is 2.32. The van der Waals surface area contributed by atoms with Gasteiger partial charge in [-0.2, -0.15) is 0 Å². The van der Waals surface area contributed by atoms with Crippen molar-refractivity contribution in [2.75, 3.05) is 57.8 Å². The van der Waals surface area contributed by atoms with Crippen molar-refractivity contribution >= 4 is 23.2 Å². The SMILES string of the molecule is COCCNC(=O)c1cc(NC(=O)c2c(OC)cccc2OC)ccc1N1CCC(Cc2ccccc2)CC1. The molecule has 8 nitrogen and oxygen atoms in total. The second-order valence-electron chi connectivity index (χ2n) is 9.59. The molecule has 206 valence electrons. The second-order valence-corrected chi connectivity index (χ2v) is 9.59. The fraction of sp³-hybridized carbons (Fsp3) is 0.355. The number of piperidine rings is 1. The smallest absolute Gasteiger partial charge is 0.263 e. The minimum Gasteiger partial charge on any atom is -0.496 e. The number of nitrogens with zero attached hydrogens (tertiary/aromatic N) is 1. The van der Waals surface area contributed by atoms with Gasteiger partial charge in [-0.05, 0) is 61.1 Å². The molecule has 3 aromatic rings. The van der Waals surface area contributed by atoms with Crippen LogP contribution in [-0.4, -0.2) is 59.4 Å². The predicted molar refractivity (Wildman–Crippen MR) is 153 cm³/mol. The molecule has 39 heavy (non-hydrogen) atoms. The number of hydrogen-bond acceptors (Lipinski definition) is 6. The third-order valence-electron chi connectivity index (χ3n) is 7.07. The Morgan fingerprint density at radius 2 is 1.56 bits per heavy atom. The summed E-state index contributed by atoms with van der Waals surface area (Å²) in [6, 6.07) is 21.2. The lowest BCUT2D eigenvalue weighted by molar-refractivity contribution is 0.0936. The lowest BCUT2D eigenvalue weighted by Gasteiger charge is -2.35. The van der Waals surface area contributed by atoms with Crippen LogP contribution in [0.1, 0.15) is 39.1 Å². The maximum absolute atomic E-state index is 13.3. The van der Waals surface area contributed by atoms with Gasteiger partial charge in [0.2, 0.25) is 0 Å². The first-order valence-electron chi connectivity index (χ1n) is 13.3. The van der Waals surface area contributed by atoms with Crippen molar-refractivity contribution in [1.82, 2.24) is 5.32 Å². The van der Waals surface area contributed by atoms with Gasteiger partial charge in [0.25, 0.3) is 11.8 Å². The lowest BCUT2D eigenvalue weighted by atomic mass is 9.89. The molecule has 0 atom stereocenters. The van der Waals surface area contributed by atoms with Gasteiger partial charge < -0.3 is 29.7 Å². The van der Waals surface area contributed by atoms with Crippen molar-refractivity contribution < 1.29 is 23.8 Å². The zero-order valence-corrected chi connectivity index (χ0v) is 22.9. The molecule has 0 spiro atoms. The van der Waals surface area contributed by atoms with E-state index >= 15 is 0 Å². The van der Waals surface area contributed by atoms with E-state index in [1.807, 2.05) is 18.2 Å². The van der Waals surface area contributed by atoms with Gasteiger partial charge in [-0.25, -0.2) is 0 Å². The standard InChI is InChI=1S/C31H37N3O5/c1-37-19-16-32-30(35)25-21-24(33-31(36)29-27(38-2)10-7-11-28(29)39-3)12-13-26(25)34-17-14-23(15-18-34)20-22-8-5-4-6-9-22/h4-13,21,23H,14-20H2,1-3H3,(H,32,35)(H,33,36). The number of hydrogen-bond donors (Lipinski definition) is 2. The molecule has 1 aliphatic rings. The number of carbonyl (C=O) groups is 2. The molecule has 1 saturated heterocycles. The average Bonchev–Trinajstić information content (AvgIpc) is 2.97. The number of anilines is 2. The van der Waals surface area contributed by atoms with Gasteiger partial charge >= 0.3 is 0 Å². The largest absolute Gasteiger partial charge is 0.496 e. The van der Waals surface area contributed by atoms with Crippen molar-refractivity contribution in [2.24, 2.45) is 5.92 Å². The van der Waals surface area contributed by atoms with Crippen LogP contribution in [0.3, 0.4) is 0 Å². The summed E-state index contributed by atoms with van der Waals surface area (Å²) in [5.41, 5.74) is 3.53. The van der Waals surface area contributed by atoms with E-state index in [1.54, 1.807) is 31.4 Å². The molecular weight excluding hydrogens is 494 g/mol. The van der Waals surface area contributed by atoms with Crippen LogP contribution in [0.2, 0.25) is 0 Å². The minimum atomic E-state index is -0.385. The zero-order chi connectivity index (χ0) is 27.6. The summed E-state index contributed by atoms with van der Waals surface area (Å²) in [6.07, 6.45) is 3.16. The van der Waals surface area contributed by atoms with Gasteiger partial charge in [-0.3, -0.25) is 9.59 Å². The Bertz CT molecular complexity index is 1230. The monoisotopic (exact) mass is 531 g/mol. The Kier molecular flexibility index (Phi) is 9.80. The summed E-state index contributed by atoms with van der Waals surface area (Å²) in [5.74, 6) is 0.819. The van der Waals surface area contributed by atoms with Crippen molar-refractivity contribution in [3.63, 3.8) is 0 Å². The molecule has 1 heterocycles. The van der Waals surface area contributed by atoms with E-state index in [0.29, 0.717) is 41.8 Å². The molecule has 0 radical (unpaired) electrons. The Hall–Kier alpha value is -4.04. The minimum absolute atomic E-state index is 0.209. The lowest BCUT2D eigenvalue weighted by Crippen LogP contribution is -2.36. The number of ether oxygens (including phenoxy) is 3. The highest BCUT2D eigenvalue weighted by Gasteiger charge is 2.25. The van der Waals surface area contributed by atoms with E-state index in [0.717, 1.165) is 38.0 Å². The highest BCUT2D eigenvalue weighted by atomic mass is 16.5. The van der Waals surface area contributed by atoms with E-state index < -0.39 is 0 Å². The Morgan fingerprint density at radius 1 is 0.872 bits per heavy atom. The van der Waals surface area contributed by atoms with Crippen LogP contribution in [0.25, 0.3) is 0 Å². The van der Waals surface area contributed by atoms with Crippen LogP contribution in [0.4, 0.5) is 11.4 Å². The van der Waals surface area contributed by atoms with Crippen LogP contribution in [0.15, 0.2) is 66.7 Å². The van der Waals surface area contributed by atoms with Gasteiger partial charge in [0.15, 0.2) is 0 Å². The molecule has 0 aromatic heterocycles. The molecule has 2 amide bonds. The van der Waals surface area contributed by atoms with Gasteiger partial charge in [0, 0.05) is 38.1 Å². The van der Waals surface area contributed by atoms with Crippen molar-refractivity contribution in [2.45, 2.75) is 19.3 Å². The first-order valence-corrected chi connectivity index (χ1v) is 13.3. The quantitative estimate of drug-likeness (QED) is 0.346. The third-order valence-corrected chi connectivity index (χ3v) is 7.07. The zero-order valence-electron chi connectivity index (χ0n) is 22.9. The number of carbonyl (C=O) groups excluding carboxylic acids is 2. The highest BCUT2D eigenvalue weighted by molar-refractivity contribution is 6.09. The van der Waals surface area contributed by atoms with Crippen molar-refractivity contribution in [3.05, 3.63) is 83.4 Å². The van der Waals surface area contributed by atoms with E-state index in [-0.39, 0.29) is 17.4 Å². The van der Waals surface area contributed by atoms with Crippen molar-refractivity contribution in [3.8, 4) is 11.5 Å². The van der Waals surface area contributed by atoms with Gasteiger partial charge in [-0.1, -0.05) is 36.4 Å². The van der Waals surface area contributed by atoms with Gasteiger partial charge in [0.1, 0.15) is 17.1 Å². The van der Waals surface area contributed by atoms with Gasteiger partial charge in [-0.15, -0.1) is 0 Å². The summed E-state index contributed by atoms with van der Waals surface area (Å²) in [5, 5.41) is 5.84. The molecule has 1 fully saturated rings. The Labute approximate surface area is 230 Å². The number of benzene rings is 3. The number of rotatable bonds is 11. The van der Waals surface area contributed by atoms with E-state index in [2.05, 4.69) is 39.8 Å². The van der Waals surface area contributed by atoms with Crippen LogP contribution in [0, 0.1) is 5.92 Å². The summed E-state index contributed by atoms with van der Waals surface area (Å²) in [7, 11) is 4.61. The summed E-state index contributed by atoms with van der Waals surface area (Å²) in [6.45, 7) is 2.53. The molecule has 3 aromatic carbocycles. The molecule has 0 bridgehead atoms. The molecule has 8 heteroatoms. The topological polar surface area (TPSA) is 89.1 Å². The maximum atomic E-state index is 13.3. The molecular formula is C31H37N3O5. The third kappa shape index (κ3) is 7.09. The van der Waals surface area contributed by atoms with E-state index in [9.17, 15) is 9.59 Å². The van der Waals surface area contributed by atoms with Gasteiger partial charge in [0.05, 0.1) is 26.4 Å². The molecule has 2 N–H and O–H groups in total. The van der Waals surface area contributed by atoms with Crippen LogP contribution in [-0.2, 0) is 11.2 Å². The van der Waals surface area contributed by atoms with E-state index in [1.165, 1.54) is 19.8 Å². The Balaban J connectivity index is 1.53. The molecule has 1 aliphatic heterocycles. The first kappa shape index (κ1) is 28.0. The normalized spacial score (nSPS) is 13.6. The molecule has 0 unspecified atom stereocenters. The summed E-state index contributed by atoms with van der Waals surface area (Å²) >= 11 is 0. The summed E-state index contributed by atoms with van der Waals surface area (Å²) < 4.78 is 15.9. The number of methoxy groups -OCH3 is 3. The van der Waals surface area contributed by atoms with Crippen LogP contribution >= 0.6 is 0 Å². The molecule has 0 saturated carbocycles. The number of nitrogens with one attached hydrogen (secondary N) is 2. The number of amides is 2. The fourth-order valence-corrected chi connectivity index (χ4v) is 5.03. The maximum Gasteiger partial charge on any atom is 0.263 e. The Morgan fingerprint density at radius 3 is 2.21 bits per heavy atom. The summed E-state index contributed by atoms with van der Waals surface area (Å²) in [4.78, 5) is 28.8. The first-order chi connectivity index (χ1) is 19.0. The molecule has 0 aliphatic carbocycles. The average molecular weight is 532 g/mol. The molecule has 4 rings (SSSR count). The van der Waals surface area contributed by atoms with Crippen LogP contribution in [0.5, 0.6) is 11.5 Å². The van der Waals surface area contributed by atoms with Crippen molar-refractivity contribution in [1.29, 1.82) is 0 Å².